The monoisotopic (exact) mass is 337 g/mol. The van der Waals surface area contributed by atoms with E-state index in [0.29, 0.717) is 22.7 Å². The standard InChI is InChI=1S/C13H15BrF3NO/c14-11-8-9(13(15,16)17)4-5-12(11)18(6-7-19)10-2-1-3-10/h4-5,8,10,19H,1-3,6-7H2. The third-order valence-corrected chi connectivity index (χ3v) is 4.08. The third-order valence-electron chi connectivity index (χ3n) is 3.44. The quantitative estimate of drug-likeness (QED) is 0.902. The summed E-state index contributed by atoms with van der Waals surface area (Å²) in [6, 6.07) is 3.97. The summed E-state index contributed by atoms with van der Waals surface area (Å²) in [6.07, 6.45) is -1.16. The Morgan fingerprint density at radius 2 is 2.00 bits per heavy atom. The molecule has 1 saturated carbocycles. The Bertz CT molecular complexity index is 446. The largest absolute Gasteiger partial charge is 0.416 e. The smallest absolute Gasteiger partial charge is 0.395 e. The maximum Gasteiger partial charge on any atom is 0.416 e. The van der Waals surface area contributed by atoms with Gasteiger partial charge in [-0.15, -0.1) is 0 Å². The van der Waals surface area contributed by atoms with Crippen molar-refractivity contribution >= 4 is 21.6 Å². The van der Waals surface area contributed by atoms with Crippen LogP contribution < -0.4 is 4.90 Å². The van der Waals surface area contributed by atoms with Gasteiger partial charge in [0.05, 0.1) is 17.9 Å². The third kappa shape index (κ3) is 3.23. The predicted octanol–water partition coefficient (Wildman–Crippen LogP) is 3.82. The molecule has 0 aliphatic heterocycles. The van der Waals surface area contributed by atoms with Crippen LogP contribution in [0, 0.1) is 0 Å². The summed E-state index contributed by atoms with van der Waals surface area (Å²) in [5, 5.41) is 9.10. The van der Waals surface area contributed by atoms with E-state index in [0.717, 1.165) is 31.4 Å². The molecule has 6 heteroatoms. The van der Waals surface area contributed by atoms with Crippen molar-refractivity contribution in [3.8, 4) is 0 Å². The number of benzene rings is 1. The minimum atomic E-state index is -4.33. The first-order chi connectivity index (χ1) is 8.93. The van der Waals surface area contributed by atoms with E-state index in [1.165, 1.54) is 6.07 Å². The van der Waals surface area contributed by atoms with Gasteiger partial charge in [-0.2, -0.15) is 13.2 Å². The molecule has 0 atom stereocenters. The number of anilines is 1. The molecule has 0 aromatic heterocycles. The van der Waals surface area contributed by atoms with Crippen LogP contribution in [0.25, 0.3) is 0 Å². The summed E-state index contributed by atoms with van der Waals surface area (Å²) in [5.74, 6) is 0. The van der Waals surface area contributed by atoms with Crippen LogP contribution in [0.2, 0.25) is 0 Å². The Labute approximate surface area is 118 Å². The van der Waals surface area contributed by atoms with Crippen molar-refractivity contribution in [2.24, 2.45) is 0 Å². The number of nitrogens with zero attached hydrogens (tertiary/aromatic N) is 1. The maximum absolute atomic E-state index is 12.6. The van der Waals surface area contributed by atoms with Crippen molar-refractivity contribution in [2.45, 2.75) is 31.5 Å². The number of rotatable bonds is 4. The van der Waals surface area contributed by atoms with Crippen LogP contribution in [0.4, 0.5) is 18.9 Å². The molecule has 106 valence electrons. The highest BCUT2D eigenvalue weighted by Gasteiger charge is 2.32. The van der Waals surface area contributed by atoms with Crippen LogP contribution in [0.3, 0.4) is 0 Å². The second-order valence-corrected chi connectivity index (χ2v) is 5.52. The zero-order valence-corrected chi connectivity index (χ0v) is 11.8. The van der Waals surface area contributed by atoms with Gasteiger partial charge in [-0.25, -0.2) is 0 Å². The van der Waals surface area contributed by atoms with E-state index in [4.69, 9.17) is 5.11 Å². The first-order valence-electron chi connectivity index (χ1n) is 6.17. The minimum Gasteiger partial charge on any atom is -0.395 e. The first kappa shape index (κ1) is 14.7. The maximum atomic E-state index is 12.6. The molecule has 0 spiro atoms. The van der Waals surface area contributed by atoms with Crippen LogP contribution in [0.1, 0.15) is 24.8 Å². The molecule has 1 fully saturated rings. The molecule has 0 amide bonds. The number of hydrogen-bond donors (Lipinski definition) is 1. The summed E-state index contributed by atoms with van der Waals surface area (Å²) in [7, 11) is 0. The van der Waals surface area contributed by atoms with E-state index in [9.17, 15) is 13.2 Å². The lowest BCUT2D eigenvalue weighted by Gasteiger charge is -2.39. The second kappa shape index (κ2) is 5.71. The van der Waals surface area contributed by atoms with Crippen molar-refractivity contribution in [3.63, 3.8) is 0 Å². The molecule has 2 nitrogen and oxygen atoms in total. The lowest BCUT2D eigenvalue weighted by atomic mass is 9.91. The molecule has 0 unspecified atom stereocenters. The van der Waals surface area contributed by atoms with Crippen LogP contribution >= 0.6 is 15.9 Å². The van der Waals surface area contributed by atoms with Gasteiger partial charge in [0.2, 0.25) is 0 Å². The van der Waals surface area contributed by atoms with Crippen molar-refractivity contribution < 1.29 is 18.3 Å². The Balaban J connectivity index is 2.27. The van der Waals surface area contributed by atoms with E-state index in [1.807, 2.05) is 4.90 Å². The highest BCUT2D eigenvalue weighted by atomic mass is 79.9. The van der Waals surface area contributed by atoms with Crippen LogP contribution in [-0.4, -0.2) is 24.3 Å². The van der Waals surface area contributed by atoms with Gasteiger partial charge in [0, 0.05) is 17.1 Å². The highest BCUT2D eigenvalue weighted by molar-refractivity contribution is 9.10. The van der Waals surface area contributed by atoms with Gasteiger partial charge >= 0.3 is 6.18 Å². The van der Waals surface area contributed by atoms with E-state index in [-0.39, 0.29) is 6.61 Å². The fourth-order valence-corrected chi connectivity index (χ4v) is 2.83. The zero-order valence-electron chi connectivity index (χ0n) is 10.3. The molecule has 19 heavy (non-hydrogen) atoms. The summed E-state index contributed by atoms with van der Waals surface area (Å²) >= 11 is 3.21. The summed E-state index contributed by atoms with van der Waals surface area (Å²) in [5.41, 5.74) is 0.0485. The molecule has 1 aromatic rings. The summed E-state index contributed by atoms with van der Waals surface area (Å²) in [4.78, 5) is 1.98. The Hall–Kier alpha value is -0.750. The van der Waals surface area contributed by atoms with Crippen molar-refractivity contribution in [1.82, 2.24) is 0 Å². The topological polar surface area (TPSA) is 23.5 Å². The van der Waals surface area contributed by atoms with Crippen molar-refractivity contribution in [1.29, 1.82) is 0 Å². The number of aliphatic hydroxyl groups is 1. The molecule has 0 bridgehead atoms. The van der Waals surface area contributed by atoms with Crippen molar-refractivity contribution in [3.05, 3.63) is 28.2 Å². The molecule has 0 saturated heterocycles. The molecule has 1 aromatic carbocycles. The minimum absolute atomic E-state index is 0.00996. The second-order valence-electron chi connectivity index (χ2n) is 4.67. The normalized spacial score (nSPS) is 16.3. The SMILES string of the molecule is OCCN(c1ccc(C(F)(F)F)cc1Br)C1CCC1. The molecular weight excluding hydrogens is 323 g/mol. The van der Waals surface area contributed by atoms with E-state index in [2.05, 4.69) is 15.9 Å². The van der Waals surface area contributed by atoms with Gasteiger partial charge in [0.1, 0.15) is 0 Å². The molecule has 2 rings (SSSR count). The number of alkyl halides is 3. The molecule has 1 aliphatic carbocycles. The summed E-state index contributed by atoms with van der Waals surface area (Å²) in [6.45, 7) is 0.429. The van der Waals surface area contributed by atoms with Crippen LogP contribution in [0.15, 0.2) is 22.7 Å². The van der Waals surface area contributed by atoms with E-state index < -0.39 is 11.7 Å². The van der Waals surface area contributed by atoms with Gasteiger partial charge < -0.3 is 10.0 Å². The Morgan fingerprint density at radius 1 is 1.32 bits per heavy atom. The molecule has 1 aliphatic rings. The van der Waals surface area contributed by atoms with E-state index in [1.54, 1.807) is 0 Å². The number of halogens is 4. The fraction of sp³-hybridized carbons (Fsp3) is 0.538. The van der Waals surface area contributed by atoms with Gasteiger partial charge in [-0.05, 0) is 53.4 Å². The Kier molecular flexibility index (Phi) is 4.40. The summed E-state index contributed by atoms with van der Waals surface area (Å²) < 4.78 is 38.2. The average molecular weight is 338 g/mol. The van der Waals surface area contributed by atoms with Crippen LogP contribution in [-0.2, 0) is 6.18 Å². The van der Waals surface area contributed by atoms with Gasteiger partial charge in [0.25, 0.3) is 0 Å². The lowest BCUT2D eigenvalue weighted by molar-refractivity contribution is -0.137. The fourth-order valence-electron chi connectivity index (χ4n) is 2.22. The van der Waals surface area contributed by atoms with Crippen LogP contribution in [0.5, 0.6) is 0 Å². The number of hydrogen-bond acceptors (Lipinski definition) is 2. The molecular formula is C13H15BrF3NO. The molecule has 1 N–H and O–H groups in total. The highest BCUT2D eigenvalue weighted by Crippen LogP contribution is 2.38. The van der Waals surface area contributed by atoms with Crippen molar-refractivity contribution in [2.75, 3.05) is 18.1 Å². The van der Waals surface area contributed by atoms with E-state index >= 15 is 0 Å². The zero-order chi connectivity index (χ0) is 14.0. The molecule has 0 heterocycles. The van der Waals surface area contributed by atoms with Gasteiger partial charge in [-0.1, -0.05) is 0 Å². The van der Waals surface area contributed by atoms with Gasteiger partial charge in [-0.3, -0.25) is 0 Å². The molecule has 0 radical (unpaired) electrons. The number of aliphatic hydroxyl groups excluding tert-OH is 1. The lowest BCUT2D eigenvalue weighted by Crippen LogP contribution is -2.42. The first-order valence-corrected chi connectivity index (χ1v) is 6.97. The average Bonchev–Trinajstić information content (AvgIpc) is 2.24. The van der Waals surface area contributed by atoms with Gasteiger partial charge in [0.15, 0.2) is 0 Å². The predicted molar refractivity (Wildman–Crippen MR) is 71.2 cm³/mol. The Morgan fingerprint density at radius 3 is 2.42 bits per heavy atom.